The molecule has 4 rings (SSSR count). The fourth-order valence-corrected chi connectivity index (χ4v) is 18.1. The molecular formula is C20H21SiTi+. The summed E-state index contributed by atoms with van der Waals surface area (Å²) in [5.74, 6) is 0. The Hall–Kier alpha value is -1.15. The Labute approximate surface area is 140 Å². The van der Waals surface area contributed by atoms with Crippen molar-refractivity contribution in [2.75, 3.05) is 0 Å². The fraction of sp³-hybridized carbons (Fsp3) is 0.200. The summed E-state index contributed by atoms with van der Waals surface area (Å²) < 4.78 is 1.51. The van der Waals surface area contributed by atoms with E-state index in [1.165, 1.54) is 11.1 Å². The van der Waals surface area contributed by atoms with Crippen molar-refractivity contribution in [3.05, 3.63) is 82.9 Å². The van der Waals surface area contributed by atoms with Gasteiger partial charge in [0.2, 0.25) is 0 Å². The molecule has 2 atom stereocenters. The summed E-state index contributed by atoms with van der Waals surface area (Å²) in [6, 6.07) is 18.1. The Morgan fingerprint density at radius 1 is 0.727 bits per heavy atom. The van der Waals surface area contributed by atoms with Crippen LogP contribution in [-0.2, 0) is 17.1 Å². The molecule has 0 amide bonds. The predicted octanol–water partition coefficient (Wildman–Crippen LogP) is 5.12. The zero-order valence-corrected chi connectivity index (χ0v) is 15.9. The van der Waals surface area contributed by atoms with Crippen LogP contribution in [0.5, 0.6) is 0 Å². The van der Waals surface area contributed by atoms with Gasteiger partial charge in [-0.25, -0.2) is 0 Å². The van der Waals surface area contributed by atoms with E-state index in [0.717, 1.165) is 8.45 Å². The molecule has 0 N–H and O–H groups in total. The van der Waals surface area contributed by atoms with E-state index in [1.807, 2.05) is 0 Å². The first-order chi connectivity index (χ1) is 10.8. The number of hydrogen-bond acceptors (Lipinski definition) is 0. The number of hydrogen-bond donors (Lipinski definition) is 0. The second-order valence-electron chi connectivity index (χ2n) is 6.59. The van der Waals surface area contributed by atoms with E-state index in [0.29, 0.717) is 0 Å². The van der Waals surface area contributed by atoms with Gasteiger partial charge in [-0.15, -0.1) is 0 Å². The van der Waals surface area contributed by atoms with E-state index < -0.39 is 23.8 Å². The summed E-state index contributed by atoms with van der Waals surface area (Å²) in [6.45, 7) is 4.52. The summed E-state index contributed by atoms with van der Waals surface area (Å²) >= 11 is -1.25. The summed E-state index contributed by atoms with van der Waals surface area (Å²) in [5, 5.41) is 0. The van der Waals surface area contributed by atoms with E-state index in [2.05, 4.69) is 85.9 Å². The monoisotopic (exact) mass is 337 g/mol. The molecule has 0 heterocycles. The van der Waals surface area contributed by atoms with Crippen molar-refractivity contribution < 1.29 is 17.1 Å². The van der Waals surface area contributed by atoms with Gasteiger partial charge in [-0.3, -0.25) is 0 Å². The van der Waals surface area contributed by atoms with E-state index in [4.69, 9.17) is 0 Å². The number of fused-ring (bicyclic) bond motifs is 2. The molecule has 2 aromatic carbocycles. The van der Waals surface area contributed by atoms with Gasteiger partial charge in [-0.1, -0.05) is 0 Å². The van der Waals surface area contributed by atoms with E-state index >= 15 is 0 Å². The average molecular weight is 337 g/mol. The number of benzene rings is 2. The van der Waals surface area contributed by atoms with Crippen LogP contribution in [0.25, 0.3) is 12.2 Å². The molecule has 0 radical (unpaired) electrons. The van der Waals surface area contributed by atoms with Gasteiger partial charge < -0.3 is 0 Å². The molecule has 0 aromatic heterocycles. The predicted molar refractivity (Wildman–Crippen MR) is 95.3 cm³/mol. The van der Waals surface area contributed by atoms with E-state index in [-0.39, 0.29) is 0 Å². The zero-order valence-electron chi connectivity index (χ0n) is 13.2. The van der Waals surface area contributed by atoms with E-state index in [1.54, 1.807) is 11.1 Å². The Bertz CT molecular complexity index is 698. The second-order valence-corrected chi connectivity index (χ2v) is 20.6. The Morgan fingerprint density at radius 3 is 1.64 bits per heavy atom. The van der Waals surface area contributed by atoms with Crippen LogP contribution >= 0.6 is 0 Å². The van der Waals surface area contributed by atoms with Gasteiger partial charge in [0.1, 0.15) is 0 Å². The number of rotatable bonds is 3. The molecule has 0 fully saturated rings. The topological polar surface area (TPSA) is 0 Å². The summed E-state index contributed by atoms with van der Waals surface area (Å²) in [5.41, 5.74) is 6.14. The molecule has 2 unspecified atom stereocenters. The Balaban J connectivity index is 1.76. The molecule has 0 spiro atoms. The van der Waals surface area contributed by atoms with Gasteiger partial charge in [0.25, 0.3) is 0 Å². The van der Waals surface area contributed by atoms with Gasteiger partial charge in [0.15, 0.2) is 0 Å². The molecule has 108 valence electrons. The molecule has 2 heteroatoms. The van der Waals surface area contributed by atoms with Crippen LogP contribution in [-0.4, -0.2) is 6.66 Å². The van der Waals surface area contributed by atoms with Crippen molar-refractivity contribution in [3.63, 3.8) is 0 Å². The molecule has 0 saturated carbocycles. The van der Waals surface area contributed by atoms with Crippen LogP contribution in [0.2, 0.25) is 13.1 Å². The van der Waals surface area contributed by atoms with Crippen LogP contribution < -0.4 is 0 Å². The van der Waals surface area contributed by atoms with Gasteiger partial charge in [0.05, 0.1) is 0 Å². The summed E-state index contributed by atoms with van der Waals surface area (Å²) in [6.07, 6.45) is 9.80. The summed E-state index contributed by atoms with van der Waals surface area (Å²) in [7, 11) is 0. The first kappa shape index (κ1) is 14.4. The van der Waals surface area contributed by atoms with Crippen molar-refractivity contribution in [1.82, 2.24) is 0 Å². The molecule has 2 aromatic rings. The third-order valence-electron chi connectivity index (χ3n) is 4.98. The average Bonchev–Trinajstić information content (AvgIpc) is 3.13. The molecule has 2 aliphatic rings. The van der Waals surface area contributed by atoms with Crippen molar-refractivity contribution in [2.45, 2.75) is 21.5 Å². The van der Waals surface area contributed by atoms with Crippen molar-refractivity contribution in [3.8, 4) is 0 Å². The number of allylic oxidation sites excluding steroid dienone is 2. The molecule has 0 saturated heterocycles. The van der Waals surface area contributed by atoms with Crippen molar-refractivity contribution in [1.29, 1.82) is 0 Å². The molecule has 0 nitrogen and oxygen atoms in total. The first-order valence-corrected chi connectivity index (χ1v) is 15.6. The SMILES string of the molecule is C[SiH](C)[Ti+]([CH]1C=Cc2ccccc21)[CH]1C=Cc2ccccc21. The fourth-order valence-electron chi connectivity index (χ4n) is 3.99. The van der Waals surface area contributed by atoms with Crippen LogP contribution in [0, 0.1) is 0 Å². The Morgan fingerprint density at radius 2 is 1.18 bits per heavy atom. The molecule has 2 aliphatic carbocycles. The standard InChI is InChI=1S/2C9H7.C2H7Si.Ti/c2*1-2-5-9-7-3-6-8(9)4-1;1-3-2;/h2*1-7H;3H,1-2H3;/q;;;+1. The molecular weight excluding hydrogens is 316 g/mol. The van der Waals surface area contributed by atoms with Gasteiger partial charge >= 0.3 is 140 Å². The zero-order chi connectivity index (χ0) is 15.1. The Kier molecular flexibility index (Phi) is 3.81. The van der Waals surface area contributed by atoms with Crippen molar-refractivity contribution in [2.24, 2.45) is 0 Å². The van der Waals surface area contributed by atoms with Crippen LogP contribution in [0.3, 0.4) is 0 Å². The quantitative estimate of drug-likeness (QED) is 0.682. The van der Waals surface area contributed by atoms with E-state index in [9.17, 15) is 0 Å². The van der Waals surface area contributed by atoms with Crippen LogP contribution in [0.1, 0.15) is 30.7 Å². The maximum absolute atomic E-state index is 2.58. The van der Waals surface area contributed by atoms with Crippen LogP contribution in [0.4, 0.5) is 0 Å². The maximum atomic E-state index is 2.58. The molecule has 22 heavy (non-hydrogen) atoms. The van der Waals surface area contributed by atoms with Crippen LogP contribution in [0.15, 0.2) is 60.7 Å². The van der Waals surface area contributed by atoms with Gasteiger partial charge in [0, 0.05) is 0 Å². The molecule has 0 bridgehead atoms. The normalized spacial score (nSPS) is 21.2. The third-order valence-corrected chi connectivity index (χ3v) is 19.3. The van der Waals surface area contributed by atoms with Crippen molar-refractivity contribution >= 4 is 18.8 Å². The minimum absolute atomic E-state index is 0.645. The van der Waals surface area contributed by atoms with Gasteiger partial charge in [-0.05, 0) is 0 Å². The van der Waals surface area contributed by atoms with Gasteiger partial charge in [-0.2, -0.15) is 0 Å². The third kappa shape index (κ3) is 2.32. The summed E-state index contributed by atoms with van der Waals surface area (Å²) in [4.78, 5) is 0. The molecule has 0 aliphatic heterocycles. The second kappa shape index (κ2) is 5.81. The minimum atomic E-state index is -1.25. The first-order valence-electron chi connectivity index (χ1n) is 8.16.